The monoisotopic (exact) mass is 414 g/mol. The van der Waals surface area contributed by atoms with E-state index in [4.69, 9.17) is 38.4 Å². The third kappa shape index (κ3) is 3.70. The summed E-state index contributed by atoms with van der Waals surface area (Å²) in [4.78, 5) is 12.9. The van der Waals surface area contributed by atoms with Crippen molar-refractivity contribution >= 4 is 34.9 Å². The number of hydrogen-bond donors (Lipinski definition) is 1. The van der Waals surface area contributed by atoms with E-state index in [1.807, 2.05) is 24.3 Å². The van der Waals surface area contributed by atoms with Crippen LogP contribution < -0.4 is 5.73 Å². The van der Waals surface area contributed by atoms with Crippen LogP contribution in [0.3, 0.4) is 0 Å². The topological polar surface area (TPSA) is 85.3 Å². The number of nitrogens with two attached hydrogens (primary N) is 1. The lowest BCUT2D eigenvalue weighted by molar-refractivity contribution is -0.138. The minimum Gasteiger partial charge on any atom is -0.463 e. The summed E-state index contributed by atoms with van der Waals surface area (Å²) in [5.74, 6) is -1.24. The highest BCUT2D eigenvalue weighted by Gasteiger charge is 2.38. The standard InChI is InChI=1S/C21H16Cl2N2O3/c1-2-27-21(26)18-17(13-8-9-15(22)16(23)10-13)14(11-24)20(25)28-19(18)12-6-4-3-5-7-12/h3-10,17H,2,25H2,1H3. The quantitative estimate of drug-likeness (QED) is 0.727. The van der Waals surface area contributed by atoms with Gasteiger partial charge in [-0.1, -0.05) is 59.6 Å². The van der Waals surface area contributed by atoms with Crippen LogP contribution in [0.15, 0.2) is 65.6 Å². The summed E-state index contributed by atoms with van der Waals surface area (Å²) in [7, 11) is 0. The molecule has 1 heterocycles. The van der Waals surface area contributed by atoms with E-state index in [1.165, 1.54) is 0 Å². The van der Waals surface area contributed by atoms with E-state index in [2.05, 4.69) is 0 Å². The Bertz CT molecular complexity index is 1020. The van der Waals surface area contributed by atoms with Gasteiger partial charge >= 0.3 is 5.97 Å². The highest BCUT2D eigenvalue weighted by molar-refractivity contribution is 6.42. The van der Waals surface area contributed by atoms with Crippen LogP contribution in [0, 0.1) is 11.3 Å². The highest BCUT2D eigenvalue weighted by Crippen LogP contribution is 2.43. The summed E-state index contributed by atoms with van der Waals surface area (Å²) in [5, 5.41) is 10.4. The predicted octanol–water partition coefficient (Wildman–Crippen LogP) is 4.78. The maximum Gasteiger partial charge on any atom is 0.338 e. The molecule has 28 heavy (non-hydrogen) atoms. The molecular weight excluding hydrogens is 399 g/mol. The zero-order valence-electron chi connectivity index (χ0n) is 14.9. The van der Waals surface area contributed by atoms with Crippen LogP contribution in [-0.2, 0) is 14.3 Å². The van der Waals surface area contributed by atoms with Crippen LogP contribution in [0.5, 0.6) is 0 Å². The lowest BCUT2D eigenvalue weighted by Crippen LogP contribution is -2.25. The van der Waals surface area contributed by atoms with Gasteiger partial charge in [0.05, 0.1) is 28.1 Å². The van der Waals surface area contributed by atoms with Gasteiger partial charge in [-0.15, -0.1) is 0 Å². The van der Waals surface area contributed by atoms with Gasteiger partial charge in [0, 0.05) is 5.56 Å². The maximum absolute atomic E-state index is 12.9. The molecule has 0 aromatic heterocycles. The Balaban J connectivity index is 2.29. The van der Waals surface area contributed by atoms with Gasteiger partial charge in [0.25, 0.3) is 0 Å². The van der Waals surface area contributed by atoms with Gasteiger partial charge in [0.1, 0.15) is 17.4 Å². The van der Waals surface area contributed by atoms with Crippen molar-refractivity contribution in [2.45, 2.75) is 12.8 Å². The number of hydrogen-bond acceptors (Lipinski definition) is 5. The molecule has 0 aliphatic carbocycles. The fourth-order valence-corrected chi connectivity index (χ4v) is 3.31. The molecule has 0 spiro atoms. The Morgan fingerprint density at radius 3 is 2.54 bits per heavy atom. The van der Waals surface area contributed by atoms with E-state index in [9.17, 15) is 10.1 Å². The molecule has 1 aliphatic rings. The molecule has 0 amide bonds. The summed E-state index contributed by atoms with van der Waals surface area (Å²) < 4.78 is 11.0. The van der Waals surface area contributed by atoms with Gasteiger partial charge in [-0.05, 0) is 24.6 Å². The molecule has 1 atom stereocenters. The molecule has 0 saturated heterocycles. The van der Waals surface area contributed by atoms with Crippen LogP contribution in [0.1, 0.15) is 24.0 Å². The number of rotatable bonds is 4. The van der Waals surface area contributed by atoms with E-state index in [0.29, 0.717) is 21.2 Å². The van der Waals surface area contributed by atoms with Crippen molar-refractivity contribution < 1.29 is 14.3 Å². The number of ether oxygens (including phenoxy) is 2. The minimum absolute atomic E-state index is 0.0783. The normalized spacial score (nSPS) is 16.4. The van der Waals surface area contributed by atoms with Crippen LogP contribution in [0.25, 0.3) is 5.76 Å². The molecule has 2 aromatic rings. The number of carbonyl (C=O) groups is 1. The third-order valence-electron chi connectivity index (χ3n) is 4.23. The van der Waals surface area contributed by atoms with Crippen molar-refractivity contribution in [2.24, 2.45) is 5.73 Å². The Morgan fingerprint density at radius 2 is 1.93 bits per heavy atom. The second-order valence-corrected chi connectivity index (χ2v) is 6.74. The zero-order valence-corrected chi connectivity index (χ0v) is 16.4. The fourth-order valence-electron chi connectivity index (χ4n) is 3.01. The van der Waals surface area contributed by atoms with Gasteiger partial charge in [-0.3, -0.25) is 0 Å². The third-order valence-corrected chi connectivity index (χ3v) is 4.97. The molecule has 3 rings (SSSR count). The number of nitriles is 1. The summed E-state index contributed by atoms with van der Waals surface area (Å²) in [5.41, 5.74) is 7.53. The molecular formula is C21H16Cl2N2O3. The van der Waals surface area contributed by atoms with Gasteiger partial charge in [-0.2, -0.15) is 5.26 Å². The molecule has 1 aliphatic heterocycles. The number of nitrogens with zero attached hydrogens (tertiary/aromatic N) is 1. The first-order valence-electron chi connectivity index (χ1n) is 8.47. The molecule has 0 fully saturated rings. The van der Waals surface area contributed by atoms with E-state index < -0.39 is 11.9 Å². The first-order chi connectivity index (χ1) is 13.5. The first-order valence-corrected chi connectivity index (χ1v) is 9.22. The molecule has 5 nitrogen and oxygen atoms in total. The van der Waals surface area contributed by atoms with Crippen molar-refractivity contribution in [3.63, 3.8) is 0 Å². The Labute approximate surface area is 172 Å². The van der Waals surface area contributed by atoms with Crippen LogP contribution >= 0.6 is 23.2 Å². The van der Waals surface area contributed by atoms with Gasteiger partial charge in [-0.25, -0.2) is 4.79 Å². The average molecular weight is 415 g/mol. The SMILES string of the molecule is CCOC(=O)C1=C(c2ccccc2)OC(N)=C(C#N)C1c1ccc(Cl)c(Cl)c1. The smallest absolute Gasteiger partial charge is 0.338 e. The van der Waals surface area contributed by atoms with Crippen LogP contribution in [0.4, 0.5) is 0 Å². The fraction of sp³-hybridized carbons (Fsp3) is 0.143. The summed E-state index contributed by atoms with van der Waals surface area (Å²) in [6.45, 7) is 1.87. The number of carbonyl (C=O) groups excluding carboxylic acids is 1. The molecule has 2 aromatic carbocycles. The summed E-state index contributed by atoms with van der Waals surface area (Å²) in [6, 6.07) is 16.0. The number of allylic oxidation sites excluding steroid dienone is 1. The van der Waals surface area contributed by atoms with Gasteiger partial charge < -0.3 is 15.2 Å². The van der Waals surface area contributed by atoms with Gasteiger partial charge in [0.15, 0.2) is 0 Å². The van der Waals surface area contributed by atoms with E-state index in [-0.39, 0.29) is 29.4 Å². The molecule has 1 unspecified atom stereocenters. The lowest BCUT2D eigenvalue weighted by atomic mass is 9.82. The lowest BCUT2D eigenvalue weighted by Gasteiger charge is -2.28. The first kappa shape index (κ1) is 19.8. The molecule has 0 bridgehead atoms. The Hall–Kier alpha value is -2.94. The molecule has 7 heteroatoms. The van der Waals surface area contributed by atoms with E-state index in [0.717, 1.165) is 0 Å². The second kappa shape index (κ2) is 8.39. The maximum atomic E-state index is 12.9. The van der Waals surface area contributed by atoms with Gasteiger partial charge in [0.2, 0.25) is 5.88 Å². The molecule has 142 valence electrons. The summed E-state index contributed by atoms with van der Waals surface area (Å²) in [6.07, 6.45) is 0. The Morgan fingerprint density at radius 1 is 1.21 bits per heavy atom. The van der Waals surface area contributed by atoms with E-state index >= 15 is 0 Å². The highest BCUT2D eigenvalue weighted by atomic mass is 35.5. The van der Waals surface area contributed by atoms with Crippen LogP contribution in [-0.4, -0.2) is 12.6 Å². The minimum atomic E-state index is -0.803. The van der Waals surface area contributed by atoms with Crippen molar-refractivity contribution in [3.05, 3.63) is 86.7 Å². The number of esters is 1. The molecule has 0 saturated carbocycles. The van der Waals surface area contributed by atoms with Crippen molar-refractivity contribution in [1.29, 1.82) is 5.26 Å². The largest absolute Gasteiger partial charge is 0.463 e. The second-order valence-electron chi connectivity index (χ2n) is 5.93. The number of benzene rings is 2. The van der Waals surface area contributed by atoms with E-state index in [1.54, 1.807) is 37.3 Å². The average Bonchev–Trinajstić information content (AvgIpc) is 2.70. The molecule has 0 radical (unpaired) electrons. The van der Waals surface area contributed by atoms with Crippen LogP contribution in [0.2, 0.25) is 10.0 Å². The number of halogens is 2. The van der Waals surface area contributed by atoms with Crippen molar-refractivity contribution in [1.82, 2.24) is 0 Å². The van der Waals surface area contributed by atoms with Crippen molar-refractivity contribution in [2.75, 3.05) is 6.61 Å². The molecule has 2 N–H and O–H groups in total. The van der Waals surface area contributed by atoms with Crippen molar-refractivity contribution in [3.8, 4) is 6.07 Å². The predicted molar refractivity (Wildman–Crippen MR) is 107 cm³/mol. The summed E-state index contributed by atoms with van der Waals surface area (Å²) >= 11 is 12.2. The Kier molecular flexibility index (Phi) is 5.93. The zero-order chi connectivity index (χ0) is 20.3.